The van der Waals surface area contributed by atoms with Crippen LogP contribution in [0.25, 0.3) is 0 Å². The summed E-state index contributed by atoms with van der Waals surface area (Å²) < 4.78 is 12.7. The van der Waals surface area contributed by atoms with Crippen molar-refractivity contribution in [3.63, 3.8) is 0 Å². The molecule has 0 bridgehead atoms. The fraction of sp³-hybridized carbons (Fsp3) is 0.750. The summed E-state index contributed by atoms with van der Waals surface area (Å²) >= 11 is 0. The standard InChI is InChI=1S/C12H21N3O2/c1-10-8-15(11-4-7-17-9-11)12(14-10)13-5-3-6-16-2/h8,11H,3-7,9H2,1-2H3,(H,13,14). The van der Waals surface area contributed by atoms with Crippen LogP contribution in [0.1, 0.15) is 24.6 Å². The Balaban J connectivity index is 1.95. The smallest absolute Gasteiger partial charge is 0.203 e. The average Bonchev–Trinajstić information content (AvgIpc) is 2.93. The molecule has 1 unspecified atom stereocenters. The van der Waals surface area contributed by atoms with E-state index in [1.165, 1.54) is 0 Å². The number of ether oxygens (including phenoxy) is 2. The van der Waals surface area contributed by atoms with Gasteiger partial charge in [-0.15, -0.1) is 0 Å². The van der Waals surface area contributed by atoms with Crippen molar-refractivity contribution >= 4 is 5.95 Å². The lowest BCUT2D eigenvalue weighted by Crippen LogP contribution is -2.14. The number of imidazole rings is 1. The van der Waals surface area contributed by atoms with Gasteiger partial charge in [-0.05, 0) is 19.8 Å². The van der Waals surface area contributed by atoms with Crippen LogP contribution in [-0.4, -0.2) is 43.0 Å². The molecule has 0 spiro atoms. The summed E-state index contributed by atoms with van der Waals surface area (Å²) in [7, 11) is 1.72. The van der Waals surface area contributed by atoms with Crippen molar-refractivity contribution in [2.24, 2.45) is 0 Å². The Kier molecular flexibility index (Phi) is 4.39. The molecule has 5 nitrogen and oxygen atoms in total. The van der Waals surface area contributed by atoms with Crippen LogP contribution in [0.4, 0.5) is 5.95 Å². The zero-order valence-corrected chi connectivity index (χ0v) is 10.6. The molecule has 0 aliphatic carbocycles. The summed E-state index contributed by atoms with van der Waals surface area (Å²) in [4.78, 5) is 4.51. The molecule has 1 saturated heterocycles. The van der Waals surface area contributed by atoms with Crippen LogP contribution < -0.4 is 5.32 Å². The van der Waals surface area contributed by atoms with Crippen LogP contribution in [0.2, 0.25) is 0 Å². The third-order valence-corrected chi connectivity index (χ3v) is 2.96. The summed E-state index contributed by atoms with van der Waals surface area (Å²) in [6, 6.07) is 0.432. The van der Waals surface area contributed by atoms with Crippen molar-refractivity contribution in [2.75, 3.05) is 38.8 Å². The Morgan fingerprint density at radius 1 is 1.65 bits per heavy atom. The number of nitrogens with zero attached hydrogens (tertiary/aromatic N) is 2. The van der Waals surface area contributed by atoms with Gasteiger partial charge in [-0.25, -0.2) is 4.98 Å². The molecule has 0 radical (unpaired) electrons. The molecule has 1 fully saturated rings. The minimum Gasteiger partial charge on any atom is -0.385 e. The second-order valence-electron chi connectivity index (χ2n) is 4.40. The van der Waals surface area contributed by atoms with Crippen molar-refractivity contribution in [1.82, 2.24) is 9.55 Å². The van der Waals surface area contributed by atoms with E-state index in [0.29, 0.717) is 6.04 Å². The molecule has 17 heavy (non-hydrogen) atoms. The monoisotopic (exact) mass is 239 g/mol. The van der Waals surface area contributed by atoms with E-state index in [1.807, 2.05) is 6.92 Å². The largest absolute Gasteiger partial charge is 0.385 e. The van der Waals surface area contributed by atoms with Gasteiger partial charge in [0.15, 0.2) is 0 Å². The van der Waals surface area contributed by atoms with Crippen LogP contribution in [0.15, 0.2) is 6.20 Å². The molecule has 0 amide bonds. The number of hydrogen-bond acceptors (Lipinski definition) is 4. The number of methoxy groups -OCH3 is 1. The average molecular weight is 239 g/mol. The van der Waals surface area contributed by atoms with Gasteiger partial charge < -0.3 is 19.4 Å². The quantitative estimate of drug-likeness (QED) is 0.766. The van der Waals surface area contributed by atoms with Crippen LogP contribution >= 0.6 is 0 Å². The van der Waals surface area contributed by atoms with Gasteiger partial charge in [0.05, 0.1) is 18.3 Å². The van der Waals surface area contributed by atoms with Crippen molar-refractivity contribution in [1.29, 1.82) is 0 Å². The SMILES string of the molecule is COCCCNc1nc(C)cn1C1CCOC1. The van der Waals surface area contributed by atoms with Crippen molar-refractivity contribution in [3.05, 3.63) is 11.9 Å². The normalized spacial score (nSPS) is 19.8. The van der Waals surface area contributed by atoms with E-state index in [9.17, 15) is 0 Å². The highest BCUT2D eigenvalue weighted by Gasteiger charge is 2.20. The molecule has 1 N–H and O–H groups in total. The number of aromatic nitrogens is 2. The highest BCUT2D eigenvalue weighted by atomic mass is 16.5. The molecular formula is C12H21N3O2. The topological polar surface area (TPSA) is 48.3 Å². The molecule has 1 atom stereocenters. The van der Waals surface area contributed by atoms with Crippen molar-refractivity contribution in [3.8, 4) is 0 Å². The maximum Gasteiger partial charge on any atom is 0.203 e. The molecule has 2 rings (SSSR count). The Bertz CT molecular complexity index is 346. The lowest BCUT2D eigenvalue weighted by molar-refractivity contribution is 0.186. The van der Waals surface area contributed by atoms with Crippen LogP contribution in [-0.2, 0) is 9.47 Å². The summed E-state index contributed by atoms with van der Waals surface area (Å²) in [5, 5.41) is 3.36. The third-order valence-electron chi connectivity index (χ3n) is 2.96. The summed E-state index contributed by atoms with van der Waals surface area (Å²) in [6.07, 6.45) is 4.16. The molecule has 1 aromatic rings. The van der Waals surface area contributed by atoms with E-state index < -0.39 is 0 Å². The molecular weight excluding hydrogens is 218 g/mol. The molecule has 0 aromatic carbocycles. The Hall–Kier alpha value is -1.07. The molecule has 1 aromatic heterocycles. The number of aryl methyl sites for hydroxylation is 1. The molecule has 96 valence electrons. The number of nitrogens with one attached hydrogen (secondary N) is 1. The van der Waals surface area contributed by atoms with E-state index in [-0.39, 0.29) is 0 Å². The fourth-order valence-electron chi connectivity index (χ4n) is 2.08. The van der Waals surface area contributed by atoms with E-state index >= 15 is 0 Å². The predicted molar refractivity (Wildman–Crippen MR) is 66.4 cm³/mol. The second kappa shape index (κ2) is 6.02. The third kappa shape index (κ3) is 3.20. The first-order chi connectivity index (χ1) is 8.31. The van der Waals surface area contributed by atoms with E-state index in [0.717, 1.165) is 50.8 Å². The highest BCUT2D eigenvalue weighted by molar-refractivity contribution is 5.29. The maximum atomic E-state index is 5.42. The zero-order chi connectivity index (χ0) is 12.1. The lowest BCUT2D eigenvalue weighted by Gasteiger charge is -2.14. The Morgan fingerprint density at radius 2 is 2.53 bits per heavy atom. The van der Waals surface area contributed by atoms with Gasteiger partial charge in [-0.3, -0.25) is 0 Å². The van der Waals surface area contributed by atoms with Crippen LogP contribution in [0.5, 0.6) is 0 Å². The van der Waals surface area contributed by atoms with Crippen LogP contribution in [0.3, 0.4) is 0 Å². The van der Waals surface area contributed by atoms with E-state index in [2.05, 4.69) is 21.1 Å². The zero-order valence-electron chi connectivity index (χ0n) is 10.6. The molecule has 1 aliphatic rings. The van der Waals surface area contributed by atoms with Gasteiger partial charge in [0.2, 0.25) is 5.95 Å². The van der Waals surface area contributed by atoms with Gasteiger partial charge >= 0.3 is 0 Å². The number of hydrogen-bond donors (Lipinski definition) is 1. The lowest BCUT2D eigenvalue weighted by atomic mass is 10.2. The van der Waals surface area contributed by atoms with E-state index in [1.54, 1.807) is 7.11 Å². The van der Waals surface area contributed by atoms with Gasteiger partial charge in [0, 0.05) is 33.1 Å². The first kappa shape index (κ1) is 12.4. The van der Waals surface area contributed by atoms with E-state index in [4.69, 9.17) is 9.47 Å². The Labute approximate surface area is 102 Å². The highest BCUT2D eigenvalue weighted by Crippen LogP contribution is 2.23. The summed E-state index contributed by atoms with van der Waals surface area (Å²) in [6.45, 7) is 5.33. The first-order valence-electron chi connectivity index (χ1n) is 6.17. The second-order valence-corrected chi connectivity index (χ2v) is 4.40. The maximum absolute atomic E-state index is 5.42. The molecule has 5 heteroatoms. The molecule has 0 saturated carbocycles. The minimum atomic E-state index is 0.432. The van der Waals surface area contributed by atoms with Crippen LogP contribution in [0, 0.1) is 6.92 Å². The number of rotatable bonds is 6. The fourth-order valence-corrected chi connectivity index (χ4v) is 2.08. The minimum absolute atomic E-state index is 0.432. The van der Waals surface area contributed by atoms with Gasteiger partial charge in [-0.1, -0.05) is 0 Å². The number of anilines is 1. The van der Waals surface area contributed by atoms with Gasteiger partial charge in [0.25, 0.3) is 0 Å². The van der Waals surface area contributed by atoms with Crippen molar-refractivity contribution < 1.29 is 9.47 Å². The summed E-state index contributed by atoms with van der Waals surface area (Å²) in [5.74, 6) is 0.953. The van der Waals surface area contributed by atoms with Gasteiger partial charge in [-0.2, -0.15) is 0 Å². The van der Waals surface area contributed by atoms with Gasteiger partial charge in [0.1, 0.15) is 0 Å². The first-order valence-corrected chi connectivity index (χ1v) is 6.17. The van der Waals surface area contributed by atoms with Crippen molar-refractivity contribution in [2.45, 2.75) is 25.8 Å². The Morgan fingerprint density at radius 3 is 3.24 bits per heavy atom. The predicted octanol–water partition coefficient (Wildman–Crippen LogP) is 1.60. The summed E-state index contributed by atoms with van der Waals surface area (Å²) in [5.41, 5.74) is 1.05. The molecule has 2 heterocycles. The molecule has 1 aliphatic heterocycles.